The normalized spacial score (nSPS) is 20.1. The summed E-state index contributed by atoms with van der Waals surface area (Å²) >= 11 is 0. The second-order valence-electron chi connectivity index (χ2n) is 8.54. The van der Waals surface area contributed by atoms with Crippen molar-refractivity contribution in [2.24, 2.45) is 5.92 Å². The molecule has 2 fully saturated rings. The van der Waals surface area contributed by atoms with E-state index in [1.54, 1.807) is 6.07 Å². The number of pyridine rings is 1. The van der Waals surface area contributed by atoms with E-state index in [2.05, 4.69) is 19.2 Å². The highest BCUT2D eigenvalue weighted by molar-refractivity contribution is 5.93. The zero-order chi connectivity index (χ0) is 20.2. The number of rotatable bonds is 5. The van der Waals surface area contributed by atoms with Crippen molar-refractivity contribution in [1.82, 2.24) is 9.88 Å². The number of carboxylic acid groups (broad SMARTS) is 1. The molecule has 0 radical (unpaired) electrons. The van der Waals surface area contributed by atoms with E-state index < -0.39 is 17.2 Å². The first-order chi connectivity index (χ1) is 13.2. The molecular weight excluding hydrogens is 361 g/mol. The summed E-state index contributed by atoms with van der Waals surface area (Å²) in [6.45, 7) is 5.78. The number of carboxylic acids is 1. The predicted octanol–water partition coefficient (Wildman–Crippen LogP) is 3.00. The summed E-state index contributed by atoms with van der Waals surface area (Å²) < 4.78 is 16.8. The minimum Gasteiger partial charge on any atom is -0.477 e. The Bertz CT molecular complexity index is 1010. The number of halogens is 1. The molecule has 6 nitrogen and oxygen atoms in total. The smallest absolute Gasteiger partial charge is 0.341 e. The van der Waals surface area contributed by atoms with E-state index in [4.69, 9.17) is 0 Å². The molecule has 0 amide bonds. The van der Waals surface area contributed by atoms with Crippen LogP contribution in [0.3, 0.4) is 0 Å². The lowest BCUT2D eigenvalue weighted by atomic mass is 9.87. The average Bonchev–Trinajstić information content (AvgIpc) is 3.37. The van der Waals surface area contributed by atoms with Gasteiger partial charge in [0.05, 0.1) is 11.2 Å². The van der Waals surface area contributed by atoms with Gasteiger partial charge in [-0.05, 0) is 58.2 Å². The fraction of sp³-hybridized carbons (Fsp3) is 0.524. The average molecular weight is 387 g/mol. The van der Waals surface area contributed by atoms with Gasteiger partial charge < -0.3 is 19.9 Å². The van der Waals surface area contributed by atoms with E-state index >= 15 is 0 Å². The number of hydrogen-bond acceptors (Lipinski definition) is 4. The highest BCUT2D eigenvalue weighted by Crippen LogP contribution is 2.39. The van der Waals surface area contributed by atoms with Crippen molar-refractivity contribution in [1.29, 1.82) is 0 Å². The second kappa shape index (κ2) is 6.58. The monoisotopic (exact) mass is 387 g/mol. The predicted molar refractivity (Wildman–Crippen MR) is 107 cm³/mol. The maximum absolute atomic E-state index is 15.0. The van der Waals surface area contributed by atoms with Crippen LogP contribution in [0.15, 0.2) is 23.1 Å². The van der Waals surface area contributed by atoms with Gasteiger partial charge in [-0.25, -0.2) is 9.18 Å². The number of aromatic carboxylic acids is 1. The third-order valence-electron chi connectivity index (χ3n) is 6.47. The summed E-state index contributed by atoms with van der Waals surface area (Å²) in [5.74, 6) is -1.37. The molecule has 4 rings (SSSR count). The minimum absolute atomic E-state index is 0.0470. The van der Waals surface area contributed by atoms with E-state index in [-0.39, 0.29) is 22.5 Å². The Morgan fingerprint density at radius 3 is 2.61 bits per heavy atom. The standard InChI is InChI=1S/C21H26FN3O3/c1-21(2,23-3)12-6-7-24(10-12)18-9-17-14(8-16(18)22)19(26)15(20(27)28)11-25(17)13-4-5-13/h8-9,11-13,23H,4-7,10H2,1-3H3,(H,27,28). The van der Waals surface area contributed by atoms with Crippen molar-refractivity contribution in [2.75, 3.05) is 25.0 Å². The largest absolute Gasteiger partial charge is 0.477 e. The second-order valence-corrected chi connectivity index (χ2v) is 8.54. The number of nitrogens with zero attached hydrogens (tertiary/aromatic N) is 2. The van der Waals surface area contributed by atoms with Gasteiger partial charge in [-0.2, -0.15) is 0 Å². The molecule has 1 aromatic carbocycles. The number of fused-ring (bicyclic) bond motifs is 1. The van der Waals surface area contributed by atoms with Crippen LogP contribution in [-0.4, -0.2) is 41.3 Å². The molecular formula is C21H26FN3O3. The first-order valence-electron chi connectivity index (χ1n) is 9.78. The van der Waals surface area contributed by atoms with Crippen molar-refractivity contribution in [2.45, 2.75) is 44.7 Å². The SMILES string of the molecule is CNC(C)(C)C1CCN(c2cc3c(cc2F)c(=O)c(C(=O)O)cn3C2CC2)C1. The molecule has 2 aliphatic rings. The topological polar surface area (TPSA) is 74.6 Å². The lowest BCUT2D eigenvalue weighted by molar-refractivity contribution is 0.0695. The van der Waals surface area contributed by atoms with Gasteiger partial charge in [-0.1, -0.05) is 0 Å². The van der Waals surface area contributed by atoms with Gasteiger partial charge in [0.2, 0.25) is 5.43 Å². The number of hydrogen-bond donors (Lipinski definition) is 2. The van der Waals surface area contributed by atoms with Crippen molar-refractivity contribution in [3.8, 4) is 0 Å². The van der Waals surface area contributed by atoms with Crippen LogP contribution in [-0.2, 0) is 0 Å². The number of carbonyl (C=O) groups is 1. The Morgan fingerprint density at radius 2 is 2.00 bits per heavy atom. The first-order valence-corrected chi connectivity index (χ1v) is 9.78. The summed E-state index contributed by atoms with van der Waals surface area (Å²) in [7, 11) is 1.94. The van der Waals surface area contributed by atoms with E-state index in [9.17, 15) is 19.1 Å². The molecule has 0 bridgehead atoms. The van der Waals surface area contributed by atoms with Gasteiger partial charge >= 0.3 is 5.97 Å². The quantitative estimate of drug-likeness (QED) is 0.825. The molecule has 1 saturated carbocycles. The van der Waals surface area contributed by atoms with Gasteiger partial charge in [0.25, 0.3) is 0 Å². The summed E-state index contributed by atoms with van der Waals surface area (Å²) in [5.41, 5.74) is 0.127. The van der Waals surface area contributed by atoms with Crippen LogP contribution in [0.4, 0.5) is 10.1 Å². The van der Waals surface area contributed by atoms with Gasteiger partial charge in [-0.3, -0.25) is 4.79 Å². The molecule has 1 aliphatic heterocycles. The highest BCUT2D eigenvalue weighted by atomic mass is 19.1. The van der Waals surface area contributed by atoms with Crippen molar-refractivity contribution < 1.29 is 14.3 Å². The Hall–Kier alpha value is -2.41. The Labute approximate surface area is 163 Å². The minimum atomic E-state index is -1.28. The molecule has 1 aromatic heterocycles. The number of benzene rings is 1. The molecule has 1 unspecified atom stereocenters. The third-order valence-corrected chi connectivity index (χ3v) is 6.47. The molecule has 1 atom stereocenters. The Balaban J connectivity index is 1.81. The molecule has 0 spiro atoms. The van der Waals surface area contributed by atoms with Gasteiger partial charge in [0.1, 0.15) is 11.4 Å². The highest BCUT2D eigenvalue weighted by Gasteiger charge is 2.35. The molecule has 28 heavy (non-hydrogen) atoms. The third kappa shape index (κ3) is 3.07. The summed E-state index contributed by atoms with van der Waals surface area (Å²) in [6, 6.07) is 3.12. The van der Waals surface area contributed by atoms with E-state index in [0.717, 1.165) is 32.4 Å². The van der Waals surface area contributed by atoms with Crippen LogP contribution in [0.25, 0.3) is 10.9 Å². The molecule has 2 aromatic rings. The maximum Gasteiger partial charge on any atom is 0.341 e. The van der Waals surface area contributed by atoms with Crippen LogP contribution < -0.4 is 15.6 Å². The van der Waals surface area contributed by atoms with Crippen molar-refractivity contribution in [3.05, 3.63) is 39.9 Å². The summed E-state index contributed by atoms with van der Waals surface area (Å²) in [6.07, 6.45) is 4.25. The first kappa shape index (κ1) is 18.9. The number of anilines is 1. The lowest BCUT2D eigenvalue weighted by Crippen LogP contribution is -2.45. The fourth-order valence-corrected chi connectivity index (χ4v) is 4.18. The molecule has 2 N–H and O–H groups in total. The van der Waals surface area contributed by atoms with Crippen LogP contribution in [0.2, 0.25) is 0 Å². The van der Waals surface area contributed by atoms with E-state index in [0.29, 0.717) is 17.1 Å². The number of aromatic nitrogens is 1. The Morgan fingerprint density at radius 1 is 1.29 bits per heavy atom. The lowest BCUT2D eigenvalue weighted by Gasteiger charge is -2.31. The van der Waals surface area contributed by atoms with Gasteiger partial charge in [0, 0.05) is 36.3 Å². The molecule has 1 saturated heterocycles. The van der Waals surface area contributed by atoms with E-state index in [1.165, 1.54) is 12.3 Å². The summed E-state index contributed by atoms with van der Waals surface area (Å²) in [5, 5.41) is 12.8. The molecule has 1 aliphatic carbocycles. The van der Waals surface area contributed by atoms with Crippen LogP contribution in [0.5, 0.6) is 0 Å². The maximum atomic E-state index is 15.0. The van der Waals surface area contributed by atoms with E-state index in [1.807, 2.05) is 16.5 Å². The van der Waals surface area contributed by atoms with Crippen LogP contribution >= 0.6 is 0 Å². The van der Waals surface area contributed by atoms with Crippen LogP contribution in [0.1, 0.15) is 49.5 Å². The van der Waals surface area contributed by atoms with Gasteiger partial charge in [-0.15, -0.1) is 0 Å². The van der Waals surface area contributed by atoms with Gasteiger partial charge in [0.15, 0.2) is 0 Å². The molecule has 7 heteroatoms. The molecule has 2 heterocycles. The Kier molecular flexibility index (Phi) is 4.45. The zero-order valence-corrected chi connectivity index (χ0v) is 16.5. The molecule has 150 valence electrons. The van der Waals surface area contributed by atoms with Crippen molar-refractivity contribution >= 4 is 22.6 Å². The number of nitrogens with one attached hydrogen (secondary N) is 1. The van der Waals surface area contributed by atoms with Crippen LogP contribution in [0, 0.1) is 11.7 Å². The van der Waals surface area contributed by atoms with Crippen molar-refractivity contribution in [3.63, 3.8) is 0 Å². The fourth-order valence-electron chi connectivity index (χ4n) is 4.18. The zero-order valence-electron chi connectivity index (χ0n) is 16.5. The summed E-state index contributed by atoms with van der Waals surface area (Å²) in [4.78, 5) is 26.1.